The van der Waals surface area contributed by atoms with Crippen molar-refractivity contribution in [2.45, 2.75) is 53.1 Å². The Hall–Kier alpha value is -1.14. The van der Waals surface area contributed by atoms with Gasteiger partial charge in [-0.1, -0.05) is 13.8 Å². The highest BCUT2D eigenvalue weighted by Crippen LogP contribution is 2.22. The van der Waals surface area contributed by atoms with E-state index in [0.717, 1.165) is 39.3 Å². The maximum atomic E-state index is 12.9. The molecule has 0 aromatic heterocycles. The molecule has 2 aliphatic heterocycles. The predicted molar refractivity (Wildman–Crippen MR) is 100 cm³/mol. The summed E-state index contributed by atoms with van der Waals surface area (Å²) in [5.74, 6) is 1.54. The summed E-state index contributed by atoms with van der Waals surface area (Å²) in [6.07, 6.45) is 1.22. The predicted octanol–water partition coefficient (Wildman–Crippen LogP) is 1.02. The van der Waals surface area contributed by atoms with Gasteiger partial charge in [-0.15, -0.1) is 0 Å². The molecule has 3 atom stereocenters. The van der Waals surface area contributed by atoms with Gasteiger partial charge in [0.15, 0.2) is 0 Å². The number of amides is 2. The average molecular weight is 353 g/mol. The monoisotopic (exact) mass is 352 g/mol. The normalized spacial score (nSPS) is 27.4. The number of likely N-dealkylation sites (tertiary alicyclic amines) is 1. The number of rotatable bonds is 5. The van der Waals surface area contributed by atoms with Gasteiger partial charge in [-0.05, 0) is 39.0 Å². The average Bonchev–Trinajstić information content (AvgIpc) is 2.52. The quantitative estimate of drug-likeness (QED) is 0.803. The Kier molecular flexibility index (Phi) is 7.25. The van der Waals surface area contributed by atoms with Crippen LogP contribution in [0.5, 0.6) is 0 Å². The molecule has 2 aliphatic rings. The van der Waals surface area contributed by atoms with Crippen LogP contribution in [-0.4, -0.2) is 84.4 Å². The van der Waals surface area contributed by atoms with Crippen LogP contribution in [0.3, 0.4) is 0 Å². The molecule has 0 radical (unpaired) electrons. The molecular formula is C19H36N4O2. The topological polar surface area (TPSA) is 55.9 Å². The number of carbonyl (C=O) groups excluding carboxylic acids is 2. The molecule has 0 aromatic rings. The maximum Gasteiger partial charge on any atom is 0.239 e. The van der Waals surface area contributed by atoms with Gasteiger partial charge >= 0.3 is 0 Å². The summed E-state index contributed by atoms with van der Waals surface area (Å²) < 4.78 is 0. The van der Waals surface area contributed by atoms with E-state index in [9.17, 15) is 9.59 Å². The first-order chi connectivity index (χ1) is 11.8. The number of piperidine rings is 1. The molecule has 2 fully saturated rings. The van der Waals surface area contributed by atoms with Gasteiger partial charge in [0.1, 0.15) is 0 Å². The van der Waals surface area contributed by atoms with Gasteiger partial charge in [-0.3, -0.25) is 19.4 Å². The zero-order valence-electron chi connectivity index (χ0n) is 16.6. The lowest BCUT2D eigenvalue weighted by Crippen LogP contribution is -2.57. The van der Waals surface area contributed by atoms with Crippen molar-refractivity contribution in [2.24, 2.45) is 11.8 Å². The van der Waals surface area contributed by atoms with Crippen LogP contribution in [0.4, 0.5) is 0 Å². The summed E-state index contributed by atoms with van der Waals surface area (Å²) in [4.78, 5) is 31.3. The highest BCUT2D eigenvalue weighted by atomic mass is 16.2. The van der Waals surface area contributed by atoms with Crippen LogP contribution in [0.25, 0.3) is 0 Å². The number of nitrogens with zero attached hydrogens (tertiary/aromatic N) is 3. The number of carbonyl (C=O) groups is 2. The van der Waals surface area contributed by atoms with Gasteiger partial charge in [0, 0.05) is 45.3 Å². The minimum absolute atomic E-state index is 0.0656. The van der Waals surface area contributed by atoms with Crippen molar-refractivity contribution in [3.8, 4) is 0 Å². The highest BCUT2D eigenvalue weighted by molar-refractivity contribution is 5.81. The van der Waals surface area contributed by atoms with E-state index < -0.39 is 0 Å². The lowest BCUT2D eigenvalue weighted by Gasteiger charge is -2.41. The molecule has 2 heterocycles. The zero-order valence-corrected chi connectivity index (χ0v) is 16.6. The Bertz CT molecular complexity index is 450. The van der Waals surface area contributed by atoms with Crippen LogP contribution in [-0.2, 0) is 9.59 Å². The molecule has 3 unspecified atom stereocenters. The molecule has 25 heavy (non-hydrogen) atoms. The summed E-state index contributed by atoms with van der Waals surface area (Å²) in [7, 11) is 0. The highest BCUT2D eigenvalue weighted by Gasteiger charge is 2.32. The Morgan fingerprint density at radius 2 is 1.56 bits per heavy atom. The maximum absolute atomic E-state index is 12.9. The second kappa shape index (κ2) is 8.99. The molecule has 0 saturated carbocycles. The molecule has 6 nitrogen and oxygen atoms in total. The molecule has 6 heteroatoms. The number of piperazine rings is 1. The van der Waals surface area contributed by atoms with Gasteiger partial charge < -0.3 is 10.2 Å². The molecule has 0 aliphatic carbocycles. The fraction of sp³-hybridized carbons (Fsp3) is 0.895. The molecule has 2 rings (SSSR count). The van der Waals surface area contributed by atoms with Crippen molar-refractivity contribution in [3.05, 3.63) is 0 Å². The SMILES string of the molecule is CC1CC(C)CN(C(=O)C(C)N2CCN(CC(=O)NC(C)C)CC2)C1. The summed E-state index contributed by atoms with van der Waals surface area (Å²) >= 11 is 0. The van der Waals surface area contributed by atoms with Gasteiger partial charge in [0.05, 0.1) is 12.6 Å². The van der Waals surface area contributed by atoms with Crippen LogP contribution in [0.15, 0.2) is 0 Å². The van der Waals surface area contributed by atoms with Gasteiger partial charge in [-0.2, -0.15) is 0 Å². The summed E-state index contributed by atoms with van der Waals surface area (Å²) in [5, 5.41) is 2.94. The molecule has 0 aromatic carbocycles. The van der Waals surface area contributed by atoms with Crippen LogP contribution in [0.1, 0.15) is 41.0 Å². The number of hydrogen-bond acceptors (Lipinski definition) is 4. The molecule has 0 bridgehead atoms. The molecule has 1 N–H and O–H groups in total. The zero-order chi connectivity index (χ0) is 18.6. The molecule has 144 valence electrons. The molecule has 2 amide bonds. The largest absolute Gasteiger partial charge is 0.353 e. The van der Waals surface area contributed by atoms with Crippen LogP contribution < -0.4 is 5.32 Å². The lowest BCUT2D eigenvalue weighted by atomic mass is 9.91. The Morgan fingerprint density at radius 3 is 2.08 bits per heavy atom. The van der Waals surface area contributed by atoms with E-state index in [2.05, 4.69) is 33.9 Å². The second-order valence-electron chi connectivity index (χ2n) is 8.40. The van der Waals surface area contributed by atoms with E-state index in [-0.39, 0.29) is 23.9 Å². The minimum atomic E-state index is -0.0656. The molecular weight excluding hydrogens is 316 g/mol. The number of hydrogen-bond donors (Lipinski definition) is 1. The van der Waals surface area contributed by atoms with Crippen molar-refractivity contribution in [2.75, 3.05) is 45.8 Å². The van der Waals surface area contributed by atoms with Crippen molar-refractivity contribution < 1.29 is 9.59 Å². The Balaban J connectivity index is 1.79. The van der Waals surface area contributed by atoms with Crippen molar-refractivity contribution >= 4 is 11.8 Å². The first kappa shape index (κ1) is 20.2. The molecule has 0 spiro atoms. The first-order valence-electron chi connectivity index (χ1n) is 9.80. The van der Waals surface area contributed by atoms with Crippen LogP contribution in [0, 0.1) is 11.8 Å². The lowest BCUT2D eigenvalue weighted by molar-refractivity contribution is -0.140. The minimum Gasteiger partial charge on any atom is -0.353 e. The van der Waals surface area contributed by atoms with Gasteiger partial charge in [-0.25, -0.2) is 0 Å². The van der Waals surface area contributed by atoms with E-state index in [0.29, 0.717) is 18.4 Å². The van der Waals surface area contributed by atoms with E-state index in [1.54, 1.807) is 0 Å². The van der Waals surface area contributed by atoms with Gasteiger partial charge in [0.2, 0.25) is 11.8 Å². The third-order valence-electron chi connectivity index (χ3n) is 5.31. The van der Waals surface area contributed by atoms with Crippen molar-refractivity contribution in [3.63, 3.8) is 0 Å². The Labute approximate surface area is 152 Å². The van der Waals surface area contributed by atoms with Crippen LogP contribution in [0.2, 0.25) is 0 Å². The summed E-state index contributed by atoms with van der Waals surface area (Å²) in [5.41, 5.74) is 0. The van der Waals surface area contributed by atoms with E-state index in [4.69, 9.17) is 0 Å². The summed E-state index contributed by atoms with van der Waals surface area (Å²) in [6.45, 7) is 16.1. The third kappa shape index (κ3) is 5.96. The van der Waals surface area contributed by atoms with Crippen molar-refractivity contribution in [1.82, 2.24) is 20.0 Å². The second-order valence-corrected chi connectivity index (χ2v) is 8.40. The van der Waals surface area contributed by atoms with Crippen molar-refractivity contribution in [1.29, 1.82) is 0 Å². The Morgan fingerprint density at radius 1 is 1.00 bits per heavy atom. The van der Waals surface area contributed by atoms with Gasteiger partial charge in [0.25, 0.3) is 0 Å². The van der Waals surface area contributed by atoms with E-state index in [1.807, 2.05) is 20.8 Å². The summed E-state index contributed by atoms with van der Waals surface area (Å²) in [6, 6.07) is 0.116. The standard InChI is InChI=1S/C19H36N4O2/c1-14(2)20-18(24)13-21-6-8-22(9-7-21)17(5)19(25)23-11-15(3)10-16(4)12-23/h14-17H,6-13H2,1-5H3,(H,20,24). The fourth-order valence-electron chi connectivity index (χ4n) is 4.14. The number of nitrogens with one attached hydrogen (secondary N) is 1. The van der Waals surface area contributed by atoms with E-state index in [1.165, 1.54) is 6.42 Å². The molecule has 2 saturated heterocycles. The first-order valence-corrected chi connectivity index (χ1v) is 9.80. The van der Waals surface area contributed by atoms with E-state index >= 15 is 0 Å². The smallest absolute Gasteiger partial charge is 0.239 e. The fourth-order valence-corrected chi connectivity index (χ4v) is 4.14. The van der Waals surface area contributed by atoms with Crippen LogP contribution >= 0.6 is 0 Å². The third-order valence-corrected chi connectivity index (χ3v) is 5.31.